The number of carbonyl (C=O) groups is 2. The number of nitrogens with one attached hydrogen (secondary N) is 3. The van der Waals surface area contributed by atoms with Crippen LogP contribution in [-0.2, 0) is 4.79 Å². The Labute approximate surface area is 156 Å². The molecule has 0 spiro atoms. The van der Waals surface area contributed by atoms with Crippen LogP contribution < -0.4 is 16.0 Å². The number of benzene rings is 2. The summed E-state index contributed by atoms with van der Waals surface area (Å²) >= 11 is 0. The third-order valence-corrected chi connectivity index (χ3v) is 4.63. The predicted octanol–water partition coefficient (Wildman–Crippen LogP) is 3.36. The molecule has 142 valence electrons. The summed E-state index contributed by atoms with van der Waals surface area (Å²) in [4.78, 5) is 24.0. The standard InChI is InChI=1S/C20H21F2N3O2/c1-13(24-19(27)25-15-10-6-3-7-11-15)18(26)23-12-16-17(20(16,21)22)14-8-4-2-5-9-14/h2-11,13,16-17H,12H2,1H3,(H,23,26)(H2,24,25,27)/t13?,16-,17-/m1/s1. The van der Waals surface area contributed by atoms with Gasteiger partial charge < -0.3 is 16.0 Å². The van der Waals surface area contributed by atoms with Crippen LogP contribution in [-0.4, -0.2) is 30.4 Å². The Morgan fingerprint density at radius 3 is 2.26 bits per heavy atom. The van der Waals surface area contributed by atoms with Crippen molar-refractivity contribution < 1.29 is 18.4 Å². The molecule has 3 rings (SSSR count). The summed E-state index contributed by atoms with van der Waals surface area (Å²) < 4.78 is 28.0. The quantitative estimate of drug-likeness (QED) is 0.727. The maximum atomic E-state index is 14.0. The summed E-state index contributed by atoms with van der Waals surface area (Å²) in [5.74, 6) is -5.17. The van der Waals surface area contributed by atoms with E-state index < -0.39 is 35.7 Å². The van der Waals surface area contributed by atoms with Crippen LogP contribution in [0.2, 0.25) is 0 Å². The van der Waals surface area contributed by atoms with Gasteiger partial charge in [0.05, 0.1) is 11.8 Å². The first-order valence-corrected chi connectivity index (χ1v) is 8.72. The van der Waals surface area contributed by atoms with E-state index in [1.807, 2.05) is 6.07 Å². The Bertz CT molecular complexity index is 799. The van der Waals surface area contributed by atoms with Crippen molar-refractivity contribution in [3.63, 3.8) is 0 Å². The number of urea groups is 1. The molecular formula is C20H21F2N3O2. The normalized spacial score (nSPS) is 21.0. The van der Waals surface area contributed by atoms with Crippen LogP contribution in [0.5, 0.6) is 0 Å². The molecule has 27 heavy (non-hydrogen) atoms. The van der Waals surface area contributed by atoms with Gasteiger partial charge in [0.2, 0.25) is 5.91 Å². The maximum Gasteiger partial charge on any atom is 0.319 e. The van der Waals surface area contributed by atoms with Gasteiger partial charge in [-0.1, -0.05) is 48.5 Å². The lowest BCUT2D eigenvalue weighted by atomic mass is 10.1. The van der Waals surface area contributed by atoms with Gasteiger partial charge in [-0.05, 0) is 24.6 Å². The minimum absolute atomic E-state index is 0.141. The molecule has 0 saturated heterocycles. The molecule has 0 heterocycles. The van der Waals surface area contributed by atoms with E-state index in [1.165, 1.54) is 6.92 Å². The molecular weight excluding hydrogens is 352 g/mol. The van der Waals surface area contributed by atoms with E-state index in [4.69, 9.17) is 0 Å². The number of rotatable bonds is 6. The molecule has 0 aliphatic heterocycles. The van der Waals surface area contributed by atoms with Crippen LogP contribution in [0.3, 0.4) is 0 Å². The largest absolute Gasteiger partial charge is 0.354 e. The number of amides is 3. The lowest BCUT2D eigenvalue weighted by molar-refractivity contribution is -0.122. The van der Waals surface area contributed by atoms with E-state index in [0.29, 0.717) is 11.3 Å². The molecule has 2 aromatic rings. The van der Waals surface area contributed by atoms with Crippen LogP contribution in [0.1, 0.15) is 18.4 Å². The van der Waals surface area contributed by atoms with Crippen LogP contribution >= 0.6 is 0 Å². The highest BCUT2D eigenvalue weighted by Gasteiger charge is 2.68. The zero-order valence-corrected chi connectivity index (χ0v) is 14.8. The molecule has 7 heteroatoms. The van der Waals surface area contributed by atoms with Crippen LogP contribution in [0.25, 0.3) is 0 Å². The Morgan fingerprint density at radius 1 is 1.04 bits per heavy atom. The van der Waals surface area contributed by atoms with E-state index in [9.17, 15) is 18.4 Å². The fourth-order valence-corrected chi connectivity index (χ4v) is 3.07. The predicted molar refractivity (Wildman–Crippen MR) is 98.7 cm³/mol. The second kappa shape index (κ2) is 7.73. The third kappa shape index (κ3) is 4.42. The SMILES string of the molecule is CC(NC(=O)Nc1ccccc1)C(=O)NC[C@@H]1[C@@H](c2ccccc2)C1(F)F. The Balaban J connectivity index is 1.47. The highest BCUT2D eigenvalue weighted by atomic mass is 19.3. The van der Waals surface area contributed by atoms with Crippen molar-refractivity contribution in [3.8, 4) is 0 Å². The Morgan fingerprint density at radius 2 is 1.63 bits per heavy atom. The molecule has 2 aromatic carbocycles. The summed E-state index contributed by atoms with van der Waals surface area (Å²) in [5.41, 5.74) is 1.15. The second-order valence-electron chi connectivity index (χ2n) is 6.60. The molecule has 5 nitrogen and oxygen atoms in total. The van der Waals surface area contributed by atoms with E-state index in [1.54, 1.807) is 54.6 Å². The Kier molecular flexibility index (Phi) is 5.39. The number of carbonyl (C=O) groups excluding carboxylic acids is 2. The second-order valence-corrected chi connectivity index (χ2v) is 6.60. The van der Waals surface area contributed by atoms with Gasteiger partial charge in [0.15, 0.2) is 0 Å². The van der Waals surface area contributed by atoms with Gasteiger partial charge in [-0.15, -0.1) is 0 Å². The van der Waals surface area contributed by atoms with Gasteiger partial charge in [0, 0.05) is 12.2 Å². The molecule has 1 unspecified atom stereocenters. The zero-order valence-electron chi connectivity index (χ0n) is 14.8. The zero-order chi connectivity index (χ0) is 19.4. The number of anilines is 1. The maximum absolute atomic E-state index is 14.0. The first-order valence-electron chi connectivity index (χ1n) is 8.72. The van der Waals surface area contributed by atoms with E-state index >= 15 is 0 Å². The Hall–Kier alpha value is -2.96. The smallest absolute Gasteiger partial charge is 0.319 e. The van der Waals surface area contributed by atoms with Gasteiger partial charge in [0.1, 0.15) is 6.04 Å². The van der Waals surface area contributed by atoms with Crippen molar-refractivity contribution in [2.45, 2.75) is 24.8 Å². The van der Waals surface area contributed by atoms with Gasteiger partial charge in [0.25, 0.3) is 5.92 Å². The van der Waals surface area contributed by atoms with Crippen molar-refractivity contribution in [2.75, 3.05) is 11.9 Å². The molecule has 0 radical (unpaired) electrons. The number of alkyl halides is 2. The molecule has 1 saturated carbocycles. The van der Waals surface area contributed by atoms with Crippen LogP contribution in [0.4, 0.5) is 19.3 Å². The highest BCUT2D eigenvalue weighted by Crippen LogP contribution is 2.61. The average molecular weight is 373 g/mol. The summed E-state index contributed by atoms with van der Waals surface area (Å²) in [6.45, 7) is 1.36. The minimum atomic E-state index is -2.84. The summed E-state index contributed by atoms with van der Waals surface area (Å²) in [5, 5.41) is 7.59. The molecule has 1 aliphatic carbocycles. The van der Waals surface area contributed by atoms with Gasteiger partial charge >= 0.3 is 6.03 Å². The lowest BCUT2D eigenvalue weighted by Gasteiger charge is -2.14. The van der Waals surface area contributed by atoms with Crippen LogP contribution in [0, 0.1) is 5.92 Å². The first-order chi connectivity index (χ1) is 12.9. The fraction of sp³-hybridized carbons (Fsp3) is 0.300. The van der Waals surface area contributed by atoms with Crippen molar-refractivity contribution in [1.29, 1.82) is 0 Å². The van der Waals surface area contributed by atoms with Gasteiger partial charge in [-0.2, -0.15) is 0 Å². The monoisotopic (exact) mass is 373 g/mol. The lowest BCUT2D eigenvalue weighted by Crippen LogP contribution is -2.46. The number of hydrogen-bond donors (Lipinski definition) is 3. The molecule has 3 atom stereocenters. The topological polar surface area (TPSA) is 70.2 Å². The average Bonchev–Trinajstić information content (AvgIpc) is 3.21. The first kappa shape index (κ1) is 18.8. The van der Waals surface area contributed by atoms with Crippen molar-refractivity contribution in [2.24, 2.45) is 5.92 Å². The van der Waals surface area contributed by atoms with Crippen molar-refractivity contribution in [1.82, 2.24) is 10.6 Å². The third-order valence-electron chi connectivity index (χ3n) is 4.63. The molecule has 3 N–H and O–H groups in total. The van der Waals surface area contributed by atoms with Crippen LogP contribution in [0.15, 0.2) is 60.7 Å². The van der Waals surface area contributed by atoms with Crippen molar-refractivity contribution in [3.05, 3.63) is 66.2 Å². The van der Waals surface area contributed by atoms with E-state index in [0.717, 1.165) is 0 Å². The fourth-order valence-electron chi connectivity index (χ4n) is 3.07. The van der Waals surface area contributed by atoms with Gasteiger partial charge in [-0.3, -0.25) is 4.79 Å². The van der Waals surface area contributed by atoms with Gasteiger partial charge in [-0.25, -0.2) is 13.6 Å². The minimum Gasteiger partial charge on any atom is -0.354 e. The summed E-state index contributed by atoms with van der Waals surface area (Å²) in [7, 11) is 0. The number of halogens is 2. The number of hydrogen-bond acceptors (Lipinski definition) is 2. The summed E-state index contributed by atoms with van der Waals surface area (Å²) in [6, 6.07) is 15.9. The molecule has 1 aliphatic rings. The molecule has 0 aromatic heterocycles. The summed E-state index contributed by atoms with van der Waals surface area (Å²) in [6.07, 6.45) is 0. The highest BCUT2D eigenvalue weighted by molar-refractivity contribution is 5.93. The molecule has 0 bridgehead atoms. The number of para-hydroxylation sites is 1. The van der Waals surface area contributed by atoms with E-state index in [2.05, 4.69) is 16.0 Å². The molecule has 1 fully saturated rings. The van der Waals surface area contributed by atoms with E-state index in [-0.39, 0.29) is 6.54 Å². The molecule has 3 amide bonds. The van der Waals surface area contributed by atoms with Crippen molar-refractivity contribution >= 4 is 17.6 Å².